The number of aromatic hydroxyl groups is 1. The van der Waals surface area contributed by atoms with E-state index in [-0.39, 0.29) is 0 Å². The van der Waals surface area contributed by atoms with Crippen molar-refractivity contribution in [2.24, 2.45) is 5.73 Å². The second kappa shape index (κ2) is 5.79. The molecule has 0 radical (unpaired) electrons. The fraction of sp³-hybridized carbons (Fsp3) is 0.0714. The van der Waals surface area contributed by atoms with Gasteiger partial charge in [-0.25, -0.2) is 4.39 Å². The van der Waals surface area contributed by atoms with Crippen LogP contribution in [0.15, 0.2) is 42.5 Å². The van der Waals surface area contributed by atoms with E-state index in [4.69, 9.17) is 22.4 Å². The summed E-state index contributed by atoms with van der Waals surface area (Å²) in [6.45, 7) is 0. The molecule has 0 fully saturated rings. The maximum Gasteiger partial charge on any atom is 0.244 e. The van der Waals surface area contributed by atoms with Crippen molar-refractivity contribution in [3.8, 4) is 5.75 Å². The summed E-state index contributed by atoms with van der Waals surface area (Å²) in [5, 5.41) is 12.4. The van der Waals surface area contributed by atoms with Crippen LogP contribution >= 0.6 is 11.6 Å². The molecule has 0 heterocycles. The van der Waals surface area contributed by atoms with Gasteiger partial charge >= 0.3 is 0 Å². The van der Waals surface area contributed by atoms with Gasteiger partial charge < -0.3 is 16.2 Å². The first-order valence-corrected chi connectivity index (χ1v) is 6.15. The zero-order chi connectivity index (χ0) is 14.7. The molecular formula is C14H12ClFN2O2. The summed E-state index contributed by atoms with van der Waals surface area (Å²) >= 11 is 5.99. The number of phenolic OH excluding ortho intramolecular Hbond substituents is 1. The molecule has 6 heteroatoms. The van der Waals surface area contributed by atoms with Crippen molar-refractivity contribution in [1.82, 2.24) is 0 Å². The lowest BCUT2D eigenvalue weighted by atomic mass is 10.1. The highest BCUT2D eigenvalue weighted by atomic mass is 35.5. The van der Waals surface area contributed by atoms with Gasteiger partial charge in [0.25, 0.3) is 0 Å². The van der Waals surface area contributed by atoms with Crippen LogP contribution in [0.3, 0.4) is 0 Å². The largest absolute Gasteiger partial charge is 0.505 e. The van der Waals surface area contributed by atoms with E-state index < -0.39 is 23.5 Å². The van der Waals surface area contributed by atoms with Crippen LogP contribution in [0.25, 0.3) is 0 Å². The molecule has 104 valence electrons. The summed E-state index contributed by atoms with van der Waals surface area (Å²) in [7, 11) is 0. The molecule has 0 spiro atoms. The van der Waals surface area contributed by atoms with Crippen molar-refractivity contribution in [2.45, 2.75) is 6.04 Å². The van der Waals surface area contributed by atoms with E-state index in [1.165, 1.54) is 6.07 Å². The third kappa shape index (κ3) is 3.00. The Morgan fingerprint density at radius 3 is 2.60 bits per heavy atom. The van der Waals surface area contributed by atoms with Crippen LogP contribution in [0.5, 0.6) is 5.75 Å². The van der Waals surface area contributed by atoms with E-state index >= 15 is 0 Å². The van der Waals surface area contributed by atoms with Gasteiger partial charge in [-0.2, -0.15) is 0 Å². The minimum absolute atomic E-state index is 0.299. The number of primary amides is 1. The maximum absolute atomic E-state index is 13.4. The van der Waals surface area contributed by atoms with Crippen LogP contribution in [-0.4, -0.2) is 11.0 Å². The van der Waals surface area contributed by atoms with Gasteiger partial charge in [0, 0.05) is 0 Å². The number of rotatable bonds is 4. The van der Waals surface area contributed by atoms with E-state index in [0.717, 1.165) is 12.1 Å². The molecule has 0 saturated carbocycles. The van der Waals surface area contributed by atoms with Gasteiger partial charge in [0.2, 0.25) is 5.91 Å². The highest BCUT2D eigenvalue weighted by molar-refractivity contribution is 6.33. The number of carbonyl (C=O) groups excluding carboxylic acids is 1. The number of hydrogen-bond acceptors (Lipinski definition) is 3. The molecule has 4 nitrogen and oxygen atoms in total. The van der Waals surface area contributed by atoms with E-state index in [1.807, 2.05) is 0 Å². The highest BCUT2D eigenvalue weighted by Crippen LogP contribution is 2.27. The third-order valence-electron chi connectivity index (χ3n) is 2.76. The van der Waals surface area contributed by atoms with E-state index in [9.17, 15) is 9.18 Å². The van der Waals surface area contributed by atoms with Crippen molar-refractivity contribution >= 4 is 23.2 Å². The average Bonchev–Trinajstić information content (AvgIpc) is 2.41. The Labute approximate surface area is 120 Å². The molecule has 2 rings (SSSR count). The van der Waals surface area contributed by atoms with E-state index in [2.05, 4.69) is 5.32 Å². The zero-order valence-electron chi connectivity index (χ0n) is 10.3. The molecule has 1 atom stereocenters. The monoisotopic (exact) mass is 294 g/mol. The topological polar surface area (TPSA) is 75.4 Å². The van der Waals surface area contributed by atoms with E-state index in [0.29, 0.717) is 16.3 Å². The Morgan fingerprint density at radius 1 is 1.30 bits per heavy atom. The average molecular weight is 295 g/mol. The fourth-order valence-electron chi connectivity index (χ4n) is 1.76. The number of amides is 1. The van der Waals surface area contributed by atoms with Gasteiger partial charge in [-0.15, -0.1) is 0 Å². The van der Waals surface area contributed by atoms with Crippen molar-refractivity contribution in [2.75, 3.05) is 5.32 Å². The molecule has 1 amide bonds. The standard InChI is InChI=1S/C14H12ClFN2O2/c15-9-3-1-2-4-11(9)18-13(14(17)20)8-5-6-12(19)10(16)7-8/h1-7,13,18-19H,(H2,17,20). The number of nitrogens with two attached hydrogens (primary N) is 1. The number of carbonyl (C=O) groups is 1. The molecule has 20 heavy (non-hydrogen) atoms. The fourth-order valence-corrected chi connectivity index (χ4v) is 1.95. The lowest BCUT2D eigenvalue weighted by Crippen LogP contribution is -2.27. The lowest BCUT2D eigenvalue weighted by molar-refractivity contribution is -0.118. The van der Waals surface area contributed by atoms with Gasteiger partial charge in [-0.05, 0) is 29.8 Å². The minimum atomic E-state index is -0.954. The number of para-hydroxylation sites is 1. The first-order chi connectivity index (χ1) is 9.49. The van der Waals surface area contributed by atoms with Crippen LogP contribution in [0.2, 0.25) is 5.02 Å². The summed E-state index contributed by atoms with van der Waals surface area (Å²) in [6.07, 6.45) is 0. The summed E-state index contributed by atoms with van der Waals surface area (Å²) in [5.41, 5.74) is 6.13. The van der Waals surface area contributed by atoms with Crippen molar-refractivity contribution in [1.29, 1.82) is 0 Å². The SMILES string of the molecule is NC(=O)C(Nc1ccccc1Cl)c1ccc(O)c(F)c1. The summed E-state index contributed by atoms with van der Waals surface area (Å²) in [5.74, 6) is -2.00. The predicted molar refractivity (Wildman–Crippen MR) is 75.1 cm³/mol. The summed E-state index contributed by atoms with van der Waals surface area (Å²) < 4.78 is 13.4. The molecule has 1 unspecified atom stereocenters. The molecule has 0 saturated heterocycles. The zero-order valence-corrected chi connectivity index (χ0v) is 11.1. The number of nitrogens with one attached hydrogen (secondary N) is 1. The second-order valence-corrected chi connectivity index (χ2v) is 4.58. The van der Waals surface area contributed by atoms with Crippen LogP contribution in [0.4, 0.5) is 10.1 Å². The number of benzene rings is 2. The summed E-state index contributed by atoms with van der Waals surface area (Å²) in [4.78, 5) is 11.5. The Balaban J connectivity index is 2.34. The smallest absolute Gasteiger partial charge is 0.244 e. The molecule has 0 aromatic heterocycles. The van der Waals surface area contributed by atoms with Crippen LogP contribution in [0.1, 0.15) is 11.6 Å². The van der Waals surface area contributed by atoms with Gasteiger partial charge in [0.1, 0.15) is 6.04 Å². The molecular weight excluding hydrogens is 283 g/mol. The molecule has 0 aliphatic rings. The van der Waals surface area contributed by atoms with Crippen molar-refractivity contribution < 1.29 is 14.3 Å². The molecule has 2 aromatic rings. The molecule has 4 N–H and O–H groups in total. The Hall–Kier alpha value is -2.27. The number of anilines is 1. The van der Waals surface area contributed by atoms with Gasteiger partial charge in [-0.3, -0.25) is 4.79 Å². The lowest BCUT2D eigenvalue weighted by Gasteiger charge is -2.18. The Morgan fingerprint density at radius 2 is 2.00 bits per heavy atom. The maximum atomic E-state index is 13.4. The van der Waals surface area contributed by atoms with Gasteiger partial charge in [0.05, 0.1) is 10.7 Å². The summed E-state index contributed by atoms with van der Waals surface area (Å²) in [6, 6.07) is 9.48. The molecule has 0 aliphatic heterocycles. The third-order valence-corrected chi connectivity index (χ3v) is 3.09. The number of hydrogen-bond donors (Lipinski definition) is 3. The van der Waals surface area contributed by atoms with Crippen LogP contribution in [0, 0.1) is 5.82 Å². The predicted octanol–water partition coefficient (Wildman–Crippen LogP) is 2.82. The first kappa shape index (κ1) is 14.1. The molecule has 0 aliphatic carbocycles. The number of halogens is 2. The van der Waals surface area contributed by atoms with Crippen molar-refractivity contribution in [3.63, 3.8) is 0 Å². The van der Waals surface area contributed by atoms with Gasteiger partial charge in [0.15, 0.2) is 11.6 Å². The minimum Gasteiger partial charge on any atom is -0.505 e. The van der Waals surface area contributed by atoms with Crippen LogP contribution in [-0.2, 0) is 4.79 Å². The highest BCUT2D eigenvalue weighted by Gasteiger charge is 2.20. The van der Waals surface area contributed by atoms with Crippen LogP contribution < -0.4 is 11.1 Å². The normalized spacial score (nSPS) is 11.9. The van der Waals surface area contributed by atoms with Gasteiger partial charge in [-0.1, -0.05) is 29.8 Å². The second-order valence-electron chi connectivity index (χ2n) is 4.17. The first-order valence-electron chi connectivity index (χ1n) is 5.78. The quantitative estimate of drug-likeness (QED) is 0.811. The number of phenols is 1. The Kier molecular flexibility index (Phi) is 4.10. The molecule has 0 bridgehead atoms. The van der Waals surface area contributed by atoms with E-state index in [1.54, 1.807) is 24.3 Å². The van der Waals surface area contributed by atoms with Crippen molar-refractivity contribution in [3.05, 3.63) is 58.9 Å². The molecule has 2 aromatic carbocycles. The Bertz CT molecular complexity index is 649.